The Labute approximate surface area is 115 Å². The van der Waals surface area contributed by atoms with Crippen molar-refractivity contribution < 1.29 is 9.53 Å². The predicted molar refractivity (Wildman–Crippen MR) is 72.2 cm³/mol. The minimum Gasteiger partial charge on any atom is -0.377 e. The van der Waals surface area contributed by atoms with E-state index in [1.807, 2.05) is 30.0 Å². The molecule has 1 N–H and O–H groups in total. The molecule has 0 aliphatic carbocycles. The molecule has 5 nitrogen and oxygen atoms in total. The Hall–Kier alpha value is -1.66. The molecule has 2 aromatic heterocycles. The summed E-state index contributed by atoms with van der Waals surface area (Å²) < 4.78 is 5.49. The highest BCUT2D eigenvalue weighted by Gasteiger charge is 2.30. The summed E-state index contributed by atoms with van der Waals surface area (Å²) in [5.74, 6) is 0.0704. The van der Waals surface area contributed by atoms with Gasteiger partial charge in [-0.15, -0.1) is 11.3 Å². The van der Waals surface area contributed by atoms with E-state index in [1.54, 1.807) is 6.20 Å². The van der Waals surface area contributed by atoms with Crippen LogP contribution < -0.4 is 0 Å². The fourth-order valence-corrected chi connectivity index (χ4v) is 3.07. The monoisotopic (exact) mass is 277 g/mol. The minimum absolute atomic E-state index is 0.0704. The van der Waals surface area contributed by atoms with E-state index in [2.05, 4.69) is 10.2 Å². The number of H-pyrrole nitrogens is 1. The lowest BCUT2D eigenvalue weighted by atomic mass is 10.1. The zero-order valence-corrected chi connectivity index (χ0v) is 11.4. The molecule has 3 heterocycles. The van der Waals surface area contributed by atoms with Gasteiger partial charge in [0.2, 0.25) is 0 Å². The van der Waals surface area contributed by atoms with Gasteiger partial charge in [-0.05, 0) is 25.1 Å². The van der Waals surface area contributed by atoms with E-state index >= 15 is 0 Å². The van der Waals surface area contributed by atoms with Crippen LogP contribution in [0.3, 0.4) is 0 Å². The zero-order valence-electron chi connectivity index (χ0n) is 10.6. The quantitative estimate of drug-likeness (QED) is 0.913. The third-order valence-electron chi connectivity index (χ3n) is 3.22. The molecule has 1 atom stereocenters. The summed E-state index contributed by atoms with van der Waals surface area (Å²) in [6.45, 7) is 3.71. The summed E-state index contributed by atoms with van der Waals surface area (Å²) in [5.41, 5.74) is 0.918. The second kappa shape index (κ2) is 5.14. The first-order valence-electron chi connectivity index (χ1n) is 6.20. The van der Waals surface area contributed by atoms with Gasteiger partial charge in [-0.2, -0.15) is 5.10 Å². The number of hydrogen-bond acceptors (Lipinski definition) is 4. The van der Waals surface area contributed by atoms with Crippen LogP contribution in [-0.4, -0.2) is 40.8 Å². The molecule has 100 valence electrons. The maximum absolute atomic E-state index is 12.6. The molecule has 0 radical (unpaired) electrons. The number of carbonyl (C=O) groups excluding carboxylic acids is 1. The Balaban J connectivity index is 1.86. The van der Waals surface area contributed by atoms with Gasteiger partial charge in [-0.25, -0.2) is 0 Å². The Morgan fingerprint density at radius 2 is 2.42 bits per heavy atom. The van der Waals surface area contributed by atoms with Crippen molar-refractivity contribution in [2.24, 2.45) is 0 Å². The number of thiophene rings is 1. The summed E-state index contributed by atoms with van der Waals surface area (Å²) >= 11 is 1.53. The Kier molecular flexibility index (Phi) is 3.35. The van der Waals surface area contributed by atoms with E-state index < -0.39 is 0 Å². The van der Waals surface area contributed by atoms with Gasteiger partial charge in [0.15, 0.2) is 0 Å². The van der Waals surface area contributed by atoms with E-state index in [0.29, 0.717) is 19.8 Å². The lowest BCUT2D eigenvalue weighted by Crippen LogP contribution is -2.43. The van der Waals surface area contributed by atoms with Crippen LogP contribution in [0.25, 0.3) is 0 Å². The van der Waals surface area contributed by atoms with Crippen molar-refractivity contribution in [2.75, 3.05) is 19.8 Å². The van der Waals surface area contributed by atoms with Crippen LogP contribution in [0.2, 0.25) is 0 Å². The molecule has 19 heavy (non-hydrogen) atoms. The molecular formula is C13H15N3O2S. The molecule has 1 fully saturated rings. The van der Waals surface area contributed by atoms with Crippen molar-refractivity contribution in [1.29, 1.82) is 0 Å². The van der Waals surface area contributed by atoms with Gasteiger partial charge < -0.3 is 9.64 Å². The molecular weight excluding hydrogens is 262 g/mol. The number of nitrogens with one attached hydrogen (secondary N) is 1. The largest absolute Gasteiger partial charge is 0.377 e. The molecule has 1 amide bonds. The SMILES string of the molecule is Cc1ccc(C(=O)N2CCOC[C@H]2c2ccn[nH]2)s1. The number of morpholine rings is 1. The first-order chi connectivity index (χ1) is 9.25. The Bertz CT molecular complexity index is 564. The van der Waals surface area contributed by atoms with Crippen LogP contribution >= 0.6 is 11.3 Å². The topological polar surface area (TPSA) is 58.2 Å². The zero-order chi connectivity index (χ0) is 13.2. The van der Waals surface area contributed by atoms with E-state index in [-0.39, 0.29) is 11.9 Å². The van der Waals surface area contributed by atoms with Crippen molar-refractivity contribution in [3.63, 3.8) is 0 Å². The average molecular weight is 277 g/mol. The number of nitrogens with zero attached hydrogens (tertiary/aromatic N) is 2. The molecule has 0 spiro atoms. The Morgan fingerprint density at radius 1 is 1.53 bits per heavy atom. The van der Waals surface area contributed by atoms with Crippen LogP contribution in [0.4, 0.5) is 0 Å². The van der Waals surface area contributed by atoms with Crippen molar-refractivity contribution in [3.8, 4) is 0 Å². The van der Waals surface area contributed by atoms with Crippen molar-refractivity contribution >= 4 is 17.2 Å². The third kappa shape index (κ3) is 2.41. The number of aromatic amines is 1. The average Bonchev–Trinajstić information content (AvgIpc) is 3.09. The molecule has 1 saturated heterocycles. The van der Waals surface area contributed by atoms with Gasteiger partial charge in [0.05, 0.1) is 29.8 Å². The number of aromatic nitrogens is 2. The van der Waals surface area contributed by atoms with Crippen LogP contribution in [-0.2, 0) is 4.74 Å². The van der Waals surface area contributed by atoms with E-state index in [9.17, 15) is 4.79 Å². The first-order valence-corrected chi connectivity index (χ1v) is 7.02. The molecule has 0 unspecified atom stereocenters. The number of amides is 1. The molecule has 0 aromatic carbocycles. The second-order valence-electron chi connectivity index (χ2n) is 4.51. The molecule has 1 aliphatic rings. The van der Waals surface area contributed by atoms with Gasteiger partial charge in [0, 0.05) is 17.6 Å². The molecule has 0 bridgehead atoms. The summed E-state index contributed by atoms with van der Waals surface area (Å²) in [4.78, 5) is 16.4. The summed E-state index contributed by atoms with van der Waals surface area (Å²) in [6, 6.07) is 5.68. The minimum atomic E-state index is -0.0776. The van der Waals surface area contributed by atoms with Gasteiger partial charge >= 0.3 is 0 Å². The number of aryl methyl sites for hydroxylation is 1. The summed E-state index contributed by atoms with van der Waals surface area (Å²) in [7, 11) is 0. The Morgan fingerprint density at radius 3 is 3.11 bits per heavy atom. The van der Waals surface area contributed by atoms with Crippen LogP contribution in [0, 0.1) is 6.92 Å². The number of carbonyl (C=O) groups is 1. The van der Waals surface area contributed by atoms with Gasteiger partial charge in [-0.3, -0.25) is 9.89 Å². The predicted octanol–water partition coefficient (Wildman–Crippen LogP) is 1.99. The number of hydrogen-bond donors (Lipinski definition) is 1. The third-order valence-corrected chi connectivity index (χ3v) is 4.21. The van der Waals surface area contributed by atoms with Crippen LogP contribution in [0.15, 0.2) is 24.4 Å². The smallest absolute Gasteiger partial charge is 0.264 e. The lowest BCUT2D eigenvalue weighted by Gasteiger charge is -2.34. The normalized spacial score (nSPS) is 19.6. The maximum Gasteiger partial charge on any atom is 0.264 e. The summed E-state index contributed by atoms with van der Waals surface area (Å²) in [5, 5.41) is 6.88. The second-order valence-corrected chi connectivity index (χ2v) is 5.80. The molecule has 0 saturated carbocycles. The van der Waals surface area contributed by atoms with Crippen molar-refractivity contribution in [2.45, 2.75) is 13.0 Å². The van der Waals surface area contributed by atoms with Crippen molar-refractivity contribution in [1.82, 2.24) is 15.1 Å². The van der Waals surface area contributed by atoms with Crippen molar-refractivity contribution in [3.05, 3.63) is 39.8 Å². The highest BCUT2D eigenvalue weighted by molar-refractivity contribution is 7.13. The van der Waals surface area contributed by atoms with Gasteiger partial charge in [0.1, 0.15) is 0 Å². The maximum atomic E-state index is 12.6. The molecule has 3 rings (SSSR count). The van der Waals surface area contributed by atoms with Crippen LogP contribution in [0.1, 0.15) is 26.3 Å². The molecule has 6 heteroatoms. The fourth-order valence-electron chi connectivity index (χ4n) is 2.25. The highest BCUT2D eigenvalue weighted by Crippen LogP contribution is 2.26. The van der Waals surface area contributed by atoms with E-state index in [0.717, 1.165) is 15.4 Å². The summed E-state index contributed by atoms with van der Waals surface area (Å²) in [6.07, 6.45) is 1.70. The lowest BCUT2D eigenvalue weighted by molar-refractivity contribution is -0.00364. The fraction of sp³-hybridized carbons (Fsp3) is 0.385. The van der Waals surface area contributed by atoms with Crippen LogP contribution in [0.5, 0.6) is 0 Å². The molecule has 2 aromatic rings. The van der Waals surface area contributed by atoms with Gasteiger partial charge in [0.25, 0.3) is 5.91 Å². The number of ether oxygens (including phenoxy) is 1. The number of rotatable bonds is 2. The van der Waals surface area contributed by atoms with E-state index in [1.165, 1.54) is 11.3 Å². The standard InChI is InChI=1S/C13H15N3O2S/c1-9-2-3-12(19-9)13(17)16-6-7-18-8-11(16)10-4-5-14-15-10/h2-5,11H,6-8H2,1H3,(H,14,15)/t11-/m0/s1. The first kappa shape index (κ1) is 12.4. The van der Waals surface area contributed by atoms with Gasteiger partial charge in [-0.1, -0.05) is 0 Å². The highest BCUT2D eigenvalue weighted by atomic mass is 32.1. The van der Waals surface area contributed by atoms with E-state index in [4.69, 9.17) is 4.74 Å². The molecule has 1 aliphatic heterocycles.